The van der Waals surface area contributed by atoms with Crippen molar-refractivity contribution in [2.75, 3.05) is 13.1 Å². The summed E-state index contributed by atoms with van der Waals surface area (Å²) < 4.78 is 0. The van der Waals surface area contributed by atoms with Gasteiger partial charge in [-0.05, 0) is 44.7 Å². The zero-order valence-corrected chi connectivity index (χ0v) is 11.1. The van der Waals surface area contributed by atoms with Crippen LogP contribution in [0.4, 0.5) is 0 Å². The monoisotopic (exact) mass is 224 g/mol. The number of rotatable bonds is 8. The molecule has 1 aliphatic rings. The first-order chi connectivity index (χ1) is 7.93. The highest BCUT2D eigenvalue weighted by molar-refractivity contribution is 4.74. The summed E-state index contributed by atoms with van der Waals surface area (Å²) in [6.45, 7) is 4.71. The minimum absolute atomic E-state index is 1.04. The normalized spacial score (nSPS) is 18.6. The fourth-order valence-electron chi connectivity index (χ4n) is 2.59. The van der Waals surface area contributed by atoms with Crippen molar-refractivity contribution in [1.29, 1.82) is 0 Å². The Labute approximate surface area is 102 Å². The van der Waals surface area contributed by atoms with Crippen LogP contribution in [0.3, 0.4) is 0 Å². The summed E-state index contributed by atoms with van der Waals surface area (Å²) in [6.07, 6.45) is 16.6. The molecule has 0 saturated heterocycles. The van der Waals surface area contributed by atoms with E-state index < -0.39 is 0 Å². The number of nitrogens with one attached hydrogen (secondary N) is 1. The average molecular weight is 224 g/mol. The standard InChI is InChI=1S/C15H30N/c1-2-3-13-16-14-9-8-12-15-10-6-4-5-7-11-15/h4,15-16H,2-3,5-14H2,1H3. The van der Waals surface area contributed by atoms with Gasteiger partial charge in [-0.2, -0.15) is 0 Å². The Hall–Kier alpha value is -0.0400. The molecule has 1 fully saturated rings. The Bertz CT molecular complexity index is 136. The van der Waals surface area contributed by atoms with Crippen LogP contribution in [-0.2, 0) is 0 Å². The molecular formula is C15H30N. The molecule has 0 aromatic carbocycles. The molecular weight excluding hydrogens is 194 g/mol. The van der Waals surface area contributed by atoms with Crippen molar-refractivity contribution in [2.45, 2.75) is 71.1 Å². The first kappa shape index (κ1) is 14.0. The second-order valence-electron chi connectivity index (χ2n) is 5.26. The molecule has 0 aromatic rings. The lowest BCUT2D eigenvalue weighted by molar-refractivity contribution is 0.408. The Balaban J connectivity index is 1.86. The second-order valence-corrected chi connectivity index (χ2v) is 5.26. The van der Waals surface area contributed by atoms with Gasteiger partial charge >= 0.3 is 0 Å². The van der Waals surface area contributed by atoms with Gasteiger partial charge in [0, 0.05) is 0 Å². The third-order valence-electron chi connectivity index (χ3n) is 3.72. The van der Waals surface area contributed by atoms with E-state index in [1.165, 1.54) is 77.3 Å². The van der Waals surface area contributed by atoms with E-state index in [2.05, 4.69) is 18.7 Å². The van der Waals surface area contributed by atoms with E-state index in [0.717, 1.165) is 5.92 Å². The molecule has 0 amide bonds. The van der Waals surface area contributed by atoms with Gasteiger partial charge in [-0.1, -0.05) is 51.9 Å². The lowest BCUT2D eigenvalue weighted by Crippen LogP contribution is -2.16. The third-order valence-corrected chi connectivity index (χ3v) is 3.72. The van der Waals surface area contributed by atoms with Gasteiger partial charge in [-0.15, -0.1) is 0 Å². The molecule has 1 aliphatic carbocycles. The van der Waals surface area contributed by atoms with Gasteiger partial charge in [0.25, 0.3) is 0 Å². The summed E-state index contributed by atoms with van der Waals surface area (Å²) >= 11 is 0. The maximum Gasteiger partial charge on any atom is -0.00489 e. The zero-order chi connectivity index (χ0) is 11.5. The Morgan fingerprint density at radius 2 is 1.94 bits per heavy atom. The molecule has 1 unspecified atom stereocenters. The molecule has 0 bridgehead atoms. The fraction of sp³-hybridized carbons (Fsp3) is 0.933. The van der Waals surface area contributed by atoms with E-state index in [0.29, 0.717) is 0 Å². The van der Waals surface area contributed by atoms with Crippen LogP contribution >= 0.6 is 0 Å². The second kappa shape index (κ2) is 10.1. The Morgan fingerprint density at radius 3 is 2.81 bits per heavy atom. The fourth-order valence-corrected chi connectivity index (χ4v) is 2.59. The highest BCUT2D eigenvalue weighted by atomic mass is 14.8. The highest BCUT2D eigenvalue weighted by Crippen LogP contribution is 2.26. The first-order valence-corrected chi connectivity index (χ1v) is 7.46. The largest absolute Gasteiger partial charge is 0.317 e. The van der Waals surface area contributed by atoms with Gasteiger partial charge in [0.2, 0.25) is 0 Å². The SMILES string of the molecule is CCCCNCCCCC1CC[CH]CCC1. The molecule has 95 valence electrons. The number of hydrogen-bond donors (Lipinski definition) is 1. The van der Waals surface area contributed by atoms with Crippen LogP contribution in [0.2, 0.25) is 0 Å². The highest BCUT2D eigenvalue weighted by Gasteiger charge is 2.11. The van der Waals surface area contributed by atoms with Crippen molar-refractivity contribution in [2.24, 2.45) is 5.92 Å². The lowest BCUT2D eigenvalue weighted by Gasteiger charge is -2.13. The van der Waals surface area contributed by atoms with Gasteiger partial charge in [-0.25, -0.2) is 0 Å². The van der Waals surface area contributed by atoms with Crippen LogP contribution in [-0.4, -0.2) is 13.1 Å². The van der Waals surface area contributed by atoms with Crippen molar-refractivity contribution in [3.8, 4) is 0 Å². The molecule has 1 rings (SSSR count). The Kier molecular flexibility index (Phi) is 8.88. The summed E-state index contributed by atoms with van der Waals surface area (Å²) in [4.78, 5) is 0. The molecule has 0 aromatic heterocycles. The summed E-state index contributed by atoms with van der Waals surface area (Å²) in [5.74, 6) is 1.04. The minimum atomic E-state index is 1.04. The zero-order valence-electron chi connectivity index (χ0n) is 11.1. The van der Waals surface area contributed by atoms with Crippen molar-refractivity contribution in [3.63, 3.8) is 0 Å². The molecule has 0 heterocycles. The van der Waals surface area contributed by atoms with Crippen LogP contribution in [0.15, 0.2) is 0 Å². The molecule has 1 saturated carbocycles. The summed E-state index contributed by atoms with van der Waals surface area (Å²) in [5, 5.41) is 3.53. The molecule has 0 spiro atoms. The Morgan fingerprint density at radius 1 is 1.06 bits per heavy atom. The maximum absolute atomic E-state index is 3.53. The molecule has 0 aliphatic heterocycles. The van der Waals surface area contributed by atoms with Crippen molar-refractivity contribution in [3.05, 3.63) is 6.42 Å². The van der Waals surface area contributed by atoms with Crippen LogP contribution in [0.1, 0.15) is 71.1 Å². The molecule has 1 radical (unpaired) electrons. The molecule has 1 N–H and O–H groups in total. The smallest absolute Gasteiger partial charge is 0.00489 e. The summed E-state index contributed by atoms with van der Waals surface area (Å²) in [5.41, 5.74) is 0. The maximum atomic E-state index is 3.53. The first-order valence-electron chi connectivity index (χ1n) is 7.46. The topological polar surface area (TPSA) is 12.0 Å². The number of unbranched alkanes of at least 4 members (excludes halogenated alkanes) is 2. The molecule has 1 heteroatoms. The van der Waals surface area contributed by atoms with Gasteiger partial charge in [-0.3, -0.25) is 0 Å². The molecule has 1 atom stereocenters. The van der Waals surface area contributed by atoms with E-state index in [4.69, 9.17) is 0 Å². The predicted octanol–water partition coefficient (Wildman–Crippen LogP) is 4.33. The van der Waals surface area contributed by atoms with Crippen molar-refractivity contribution in [1.82, 2.24) is 5.32 Å². The number of hydrogen-bond acceptors (Lipinski definition) is 1. The molecule has 1 nitrogen and oxygen atoms in total. The van der Waals surface area contributed by atoms with Gasteiger partial charge in [0.05, 0.1) is 0 Å². The quantitative estimate of drug-likeness (QED) is 0.478. The average Bonchev–Trinajstić information content (AvgIpc) is 2.56. The van der Waals surface area contributed by atoms with E-state index in [1.807, 2.05) is 0 Å². The van der Waals surface area contributed by atoms with Crippen molar-refractivity contribution < 1.29 is 0 Å². The lowest BCUT2D eigenvalue weighted by atomic mass is 9.94. The predicted molar refractivity (Wildman–Crippen MR) is 72.5 cm³/mol. The third kappa shape index (κ3) is 7.27. The van der Waals surface area contributed by atoms with Gasteiger partial charge < -0.3 is 5.32 Å². The van der Waals surface area contributed by atoms with Crippen LogP contribution in [0.25, 0.3) is 0 Å². The van der Waals surface area contributed by atoms with Crippen LogP contribution in [0.5, 0.6) is 0 Å². The summed E-state index contributed by atoms with van der Waals surface area (Å²) in [6, 6.07) is 0. The van der Waals surface area contributed by atoms with E-state index in [9.17, 15) is 0 Å². The molecule has 16 heavy (non-hydrogen) atoms. The minimum Gasteiger partial charge on any atom is -0.317 e. The van der Waals surface area contributed by atoms with Crippen LogP contribution in [0, 0.1) is 12.3 Å². The van der Waals surface area contributed by atoms with E-state index >= 15 is 0 Å². The van der Waals surface area contributed by atoms with Gasteiger partial charge in [0.15, 0.2) is 0 Å². The van der Waals surface area contributed by atoms with E-state index in [-0.39, 0.29) is 0 Å². The van der Waals surface area contributed by atoms with E-state index in [1.54, 1.807) is 0 Å². The summed E-state index contributed by atoms with van der Waals surface area (Å²) in [7, 11) is 0. The van der Waals surface area contributed by atoms with Gasteiger partial charge in [0.1, 0.15) is 0 Å². The van der Waals surface area contributed by atoms with Crippen molar-refractivity contribution >= 4 is 0 Å². The van der Waals surface area contributed by atoms with Crippen LogP contribution < -0.4 is 5.32 Å².